The minimum absolute atomic E-state index is 0. The molecule has 0 saturated heterocycles. The van der Waals surface area contributed by atoms with E-state index >= 15 is 0 Å². The Morgan fingerprint density at radius 3 is 0.893 bits per heavy atom. The number of amides is 2. The zero-order valence-corrected chi connectivity index (χ0v) is 63.2. The average Bonchev–Trinajstić information content (AvgIpc) is 3.29. The number of rotatable bonds is 42. The first-order chi connectivity index (χ1) is 33.7. The molecule has 0 unspecified atom stereocenters. The Labute approximate surface area is 532 Å². The van der Waals surface area contributed by atoms with Gasteiger partial charge < -0.3 is 56.5 Å². The van der Waals surface area contributed by atoms with E-state index in [0.29, 0.717) is 113 Å². The summed E-state index contributed by atoms with van der Waals surface area (Å²) < 4.78 is 0. The molecule has 0 aromatic heterocycles. The molecule has 0 rings (SSSR count). The van der Waals surface area contributed by atoms with Gasteiger partial charge in [-0.25, -0.2) is 0 Å². The summed E-state index contributed by atoms with van der Waals surface area (Å²) in [4.78, 5) is 91.3. The largest absolute Gasteiger partial charge is 2.00 e. The zero-order chi connectivity index (χ0) is 55.9. The van der Waals surface area contributed by atoms with Gasteiger partial charge in [0.25, 0.3) is 0 Å². The van der Waals surface area contributed by atoms with Crippen molar-refractivity contribution in [1.82, 2.24) is 21.3 Å². The molecular weight excluding hydrogens is 1620 g/mol. The van der Waals surface area contributed by atoms with Crippen molar-refractivity contribution < 1.29 is 132 Å². The van der Waals surface area contributed by atoms with E-state index in [2.05, 4.69) is 76.7 Å². The molecule has 0 aliphatic carbocycles. The Hall–Kier alpha value is 0.0358. The number of carbonyl (C=O) groups is 8. The van der Waals surface area contributed by atoms with Gasteiger partial charge in [-0.3, -0.25) is 28.8 Å². The third-order valence-electron chi connectivity index (χ3n) is 11.3. The van der Waals surface area contributed by atoms with Gasteiger partial charge in [0, 0.05) is 124 Å². The van der Waals surface area contributed by atoms with Crippen LogP contribution in [0.2, 0.25) is 0 Å². The molecule has 15 heteroatoms. The van der Waals surface area contributed by atoms with Crippen molar-refractivity contribution in [1.29, 1.82) is 0 Å². The molecule has 0 saturated carbocycles. The van der Waals surface area contributed by atoms with Crippen LogP contribution < -0.4 is 21.3 Å². The smallest absolute Gasteiger partial charge is 0.358 e. The van der Waals surface area contributed by atoms with Gasteiger partial charge in [0.2, 0.25) is 0 Å². The summed E-state index contributed by atoms with van der Waals surface area (Å²) in [5, 5.41) is 12.4. The van der Waals surface area contributed by atoms with Crippen LogP contribution in [0.15, 0.2) is 0 Å². The fourth-order valence-corrected chi connectivity index (χ4v) is 6.24. The number of ketones is 6. The predicted molar refractivity (Wildman–Crippen MR) is 301 cm³/mol. The van der Waals surface area contributed by atoms with E-state index in [-0.39, 0.29) is 152 Å². The number of unbranched alkanes of at least 4 members (excludes halogenated alkanes) is 4. The van der Waals surface area contributed by atoms with Gasteiger partial charge in [-0.1, -0.05) is 124 Å². The summed E-state index contributed by atoms with van der Waals surface area (Å²) in [7, 11) is 0. The Bertz CT molecular complexity index is 1210. The quantitative estimate of drug-likeness (QED) is 0.0339. The van der Waals surface area contributed by atoms with Crippen LogP contribution in [0.5, 0.6) is 0 Å². The minimum Gasteiger partial charge on any atom is -0.358 e. The monoisotopic (exact) mass is 1730 g/mol. The van der Waals surface area contributed by atoms with Crippen molar-refractivity contribution >= 4 is 46.5 Å². The Kier molecular flexibility index (Phi) is 73.0. The molecular formula is C60H112N4O8U3-2. The second-order valence-electron chi connectivity index (χ2n) is 21.9. The van der Waals surface area contributed by atoms with E-state index < -0.39 is 0 Å². The summed E-state index contributed by atoms with van der Waals surface area (Å²) >= 11 is 0. The van der Waals surface area contributed by atoms with Gasteiger partial charge in [0.1, 0.15) is 34.7 Å². The average molecular weight is 1730 g/mol. The molecule has 0 radical (unpaired) electrons. The Morgan fingerprint density at radius 1 is 0.347 bits per heavy atom. The SMILES string of the molecule is CC(C)CCCNC(=O)C[CH-]CCC(=O)C(C)C.CC(C)CCCNC(=O)C[CH-]CCC(=O)C(C)C.CC(C)NCCCC(=O)CC[CH-]CC(=O)C(C)C.CC(C)NCCCC(=O)CC[CH-]CC(=O)C(C)C.[U+2].[U].[U]. The summed E-state index contributed by atoms with van der Waals surface area (Å²) in [6.45, 7) is 35.7. The third-order valence-corrected chi connectivity index (χ3v) is 11.3. The molecule has 0 aliphatic rings. The van der Waals surface area contributed by atoms with Crippen molar-refractivity contribution in [2.45, 2.75) is 251 Å². The van der Waals surface area contributed by atoms with E-state index in [1.54, 1.807) is 0 Å². The van der Waals surface area contributed by atoms with Crippen LogP contribution in [0.3, 0.4) is 0 Å². The standard InChI is InChI=1S/4C15H28NO2.3U/c2*1-12(2)8-7-11-16-15(18)10-6-5-9-14(17)13(3)4;2*1-12(2)15(18)10-6-5-8-14(17)9-7-11-16-13(3)4;;;/h2*6,12-13H,5,7-11H2,1-4H3,(H,16,18);2*6,12-13,16H,5,7-11H2,1-4H3;;;/q4*-1;;;+2. The van der Waals surface area contributed by atoms with E-state index in [0.717, 1.165) is 77.5 Å². The van der Waals surface area contributed by atoms with E-state index in [4.69, 9.17) is 0 Å². The maximum absolute atomic E-state index is 11.5. The fourth-order valence-electron chi connectivity index (χ4n) is 6.24. The number of Topliss-reactive ketones (excluding diaryl/α,β-unsaturated/α-hetero) is 6. The van der Waals surface area contributed by atoms with E-state index in [9.17, 15) is 38.4 Å². The maximum atomic E-state index is 11.5. The van der Waals surface area contributed by atoms with Crippen LogP contribution in [-0.2, 0) is 38.4 Å². The van der Waals surface area contributed by atoms with Crippen molar-refractivity contribution in [2.24, 2.45) is 35.5 Å². The van der Waals surface area contributed by atoms with Crippen LogP contribution in [0, 0.1) is 155 Å². The molecule has 0 spiro atoms. The summed E-state index contributed by atoms with van der Waals surface area (Å²) in [6.07, 6.45) is 22.1. The third kappa shape index (κ3) is 74.0. The first-order valence-corrected chi connectivity index (χ1v) is 28.1. The van der Waals surface area contributed by atoms with Gasteiger partial charge in [0.15, 0.2) is 11.8 Å². The molecule has 0 aliphatic heterocycles. The van der Waals surface area contributed by atoms with Gasteiger partial charge in [-0.05, 0) is 89.1 Å². The van der Waals surface area contributed by atoms with E-state index in [1.807, 2.05) is 81.1 Å². The van der Waals surface area contributed by atoms with Crippen LogP contribution in [0.25, 0.3) is 0 Å². The van der Waals surface area contributed by atoms with Gasteiger partial charge in [-0.15, -0.1) is 12.8 Å². The van der Waals surface area contributed by atoms with Crippen molar-refractivity contribution in [2.75, 3.05) is 26.2 Å². The normalized spacial score (nSPS) is 10.7. The van der Waals surface area contributed by atoms with E-state index in [1.165, 1.54) is 0 Å². The second-order valence-corrected chi connectivity index (χ2v) is 21.9. The Balaban J connectivity index is -0.000000162. The number of carbonyl (C=O) groups excluding carboxylic acids is 8. The molecule has 12 nitrogen and oxygen atoms in total. The summed E-state index contributed by atoms with van der Waals surface area (Å²) in [5.74, 6) is 3.55. The molecule has 75 heavy (non-hydrogen) atoms. The number of hydrogen-bond acceptors (Lipinski definition) is 10. The molecule has 0 fully saturated rings. The molecule has 0 bridgehead atoms. The Morgan fingerprint density at radius 2 is 0.627 bits per heavy atom. The topological polar surface area (TPSA) is 185 Å². The molecule has 4 N–H and O–H groups in total. The van der Waals surface area contributed by atoms with Crippen molar-refractivity contribution in [3.8, 4) is 0 Å². The van der Waals surface area contributed by atoms with Crippen LogP contribution >= 0.6 is 0 Å². The molecule has 0 atom stereocenters. The molecule has 0 aromatic rings. The molecule has 0 heterocycles. The first kappa shape index (κ1) is 88.9. The first-order valence-electron chi connectivity index (χ1n) is 28.1. The molecule has 0 aromatic carbocycles. The second kappa shape index (κ2) is 61.7. The van der Waals surface area contributed by atoms with Gasteiger partial charge in [-0.2, -0.15) is 25.7 Å². The fraction of sp³-hybridized carbons (Fsp3) is 0.800. The zero-order valence-electron chi connectivity index (χ0n) is 50.7. The predicted octanol–water partition coefficient (Wildman–Crippen LogP) is 12.1. The number of hydrogen-bond donors (Lipinski definition) is 4. The number of nitrogens with one attached hydrogen (secondary N) is 4. The minimum atomic E-state index is 0. The van der Waals surface area contributed by atoms with Gasteiger partial charge >= 0.3 is 31.1 Å². The van der Waals surface area contributed by atoms with Crippen LogP contribution in [-0.4, -0.2) is 84.8 Å². The van der Waals surface area contributed by atoms with Crippen LogP contribution in [0.1, 0.15) is 239 Å². The van der Waals surface area contributed by atoms with Crippen molar-refractivity contribution in [3.05, 3.63) is 25.7 Å². The summed E-state index contributed by atoms with van der Waals surface area (Å²) in [6, 6.07) is 0.964. The van der Waals surface area contributed by atoms with Crippen LogP contribution in [0.4, 0.5) is 0 Å². The maximum Gasteiger partial charge on any atom is 2.00 e. The molecule has 434 valence electrons. The van der Waals surface area contributed by atoms with Crippen molar-refractivity contribution in [3.63, 3.8) is 0 Å². The molecule has 2 amide bonds. The van der Waals surface area contributed by atoms with Gasteiger partial charge in [0.05, 0.1) is 0 Å². The summed E-state index contributed by atoms with van der Waals surface area (Å²) in [5.41, 5.74) is 0.